The van der Waals surface area contributed by atoms with Crippen LogP contribution >= 0.6 is 11.9 Å². The maximum atomic E-state index is 12.1. The highest BCUT2D eigenvalue weighted by atomic mass is 32.2. The summed E-state index contributed by atoms with van der Waals surface area (Å²) in [5.41, 5.74) is 6.13. The Hall–Kier alpha value is -0.720. The number of carbonyl (C=O) groups is 1. The number of amides is 1. The molecular weight excluding hydrogens is 248 g/mol. The summed E-state index contributed by atoms with van der Waals surface area (Å²) < 4.78 is 0. The van der Waals surface area contributed by atoms with Crippen LogP contribution in [0.1, 0.15) is 26.2 Å². The van der Waals surface area contributed by atoms with Gasteiger partial charge < -0.3 is 15.5 Å². The summed E-state index contributed by atoms with van der Waals surface area (Å²) >= 11 is 0.926. The molecule has 1 aliphatic heterocycles. The molecule has 1 amide bonds. The summed E-state index contributed by atoms with van der Waals surface area (Å²) in [6.07, 6.45) is 3.86. The first-order chi connectivity index (χ1) is 8.56. The summed E-state index contributed by atoms with van der Waals surface area (Å²) in [6, 6.07) is 0. The van der Waals surface area contributed by atoms with Gasteiger partial charge in [-0.15, -0.1) is 0 Å². The number of hydrogen-bond donors (Lipinski definition) is 2. The van der Waals surface area contributed by atoms with Crippen molar-refractivity contribution in [2.24, 2.45) is 10.9 Å². The topological polar surface area (TPSA) is 75.6 Å². The average Bonchev–Trinajstić information content (AvgIpc) is 2.37. The van der Waals surface area contributed by atoms with Gasteiger partial charge in [0, 0.05) is 25.8 Å². The molecule has 0 spiro atoms. The van der Waals surface area contributed by atoms with E-state index in [0.29, 0.717) is 10.6 Å². The summed E-state index contributed by atoms with van der Waals surface area (Å²) in [7, 11) is 1.80. The van der Waals surface area contributed by atoms with Gasteiger partial charge in [0.05, 0.1) is 0 Å². The molecule has 1 aliphatic rings. The molecule has 0 radical (unpaired) electrons. The highest BCUT2D eigenvalue weighted by Crippen LogP contribution is 2.14. The summed E-state index contributed by atoms with van der Waals surface area (Å²) in [5, 5.41) is 5.47. The predicted molar refractivity (Wildman–Crippen MR) is 76.6 cm³/mol. The van der Waals surface area contributed by atoms with Gasteiger partial charge in [-0.2, -0.15) is 0 Å². The first-order valence-electron chi connectivity index (χ1n) is 6.37. The number of likely N-dealkylation sites (tertiary alicyclic amines) is 1. The molecule has 4 N–H and O–H groups in total. The maximum Gasteiger partial charge on any atom is 0.263 e. The van der Waals surface area contributed by atoms with Crippen LogP contribution in [0, 0.1) is 0 Å². The zero-order valence-corrected chi connectivity index (χ0v) is 12.1. The molecule has 0 saturated carbocycles. The van der Waals surface area contributed by atoms with Crippen molar-refractivity contribution in [1.29, 1.82) is 0 Å². The third kappa shape index (κ3) is 4.51. The number of carbonyl (C=O) groups excluding carboxylic acids is 1. The van der Waals surface area contributed by atoms with Crippen molar-refractivity contribution >= 4 is 17.9 Å². The number of likely N-dealkylation sites (N-methyl/N-ethyl adjacent to an activating group) is 1. The molecular formula is C12H24N4OS. The van der Waals surface area contributed by atoms with Crippen molar-refractivity contribution in [3.63, 3.8) is 0 Å². The highest BCUT2D eigenvalue weighted by Gasteiger charge is 2.17. The minimum absolute atomic E-state index is 0.0838. The molecule has 0 aromatic carbocycles. The molecule has 1 heterocycles. The third-order valence-electron chi connectivity index (χ3n) is 3.22. The lowest BCUT2D eigenvalue weighted by Gasteiger charge is -2.28. The maximum absolute atomic E-state index is 12.1. The molecule has 0 unspecified atom stereocenters. The minimum Gasteiger partial charge on any atom is -0.401 e. The Bertz CT molecular complexity index is 309. The van der Waals surface area contributed by atoms with Crippen LogP contribution < -0.4 is 10.9 Å². The lowest BCUT2D eigenvalue weighted by atomic mass is 10.1. The quantitative estimate of drug-likeness (QED) is 0.570. The van der Waals surface area contributed by atoms with E-state index in [9.17, 15) is 4.79 Å². The van der Waals surface area contributed by atoms with Gasteiger partial charge in [0.15, 0.2) is 0 Å². The first-order valence-corrected chi connectivity index (χ1v) is 7.25. The van der Waals surface area contributed by atoms with Gasteiger partial charge in [0.25, 0.3) is 5.91 Å². The van der Waals surface area contributed by atoms with Crippen LogP contribution in [-0.2, 0) is 4.79 Å². The van der Waals surface area contributed by atoms with Gasteiger partial charge in [-0.1, -0.05) is 6.42 Å². The van der Waals surface area contributed by atoms with E-state index in [4.69, 9.17) is 10.9 Å². The van der Waals surface area contributed by atoms with E-state index in [1.165, 1.54) is 19.3 Å². The Morgan fingerprint density at radius 3 is 2.44 bits per heavy atom. The first kappa shape index (κ1) is 15.3. The van der Waals surface area contributed by atoms with E-state index in [-0.39, 0.29) is 5.91 Å². The standard InChI is InChI=1S/C12H24N4OS/c1-10(13)11(18-14)12(17)15(2)8-9-16-6-4-3-5-7-16/h3-9,13-14H2,1-2H3/b11-10-. The fourth-order valence-corrected chi connectivity index (χ4v) is 2.50. The number of nitrogens with two attached hydrogens (primary N) is 2. The Labute approximate surface area is 114 Å². The van der Waals surface area contributed by atoms with E-state index in [2.05, 4.69) is 4.90 Å². The fraction of sp³-hybridized carbons (Fsp3) is 0.750. The van der Waals surface area contributed by atoms with Crippen molar-refractivity contribution in [3.8, 4) is 0 Å². The molecule has 0 aromatic heterocycles. The molecule has 0 atom stereocenters. The fourth-order valence-electron chi connectivity index (χ4n) is 2.06. The number of hydrogen-bond acceptors (Lipinski definition) is 5. The van der Waals surface area contributed by atoms with Gasteiger partial charge in [0.2, 0.25) is 0 Å². The van der Waals surface area contributed by atoms with Gasteiger partial charge in [0.1, 0.15) is 4.91 Å². The number of allylic oxidation sites excluding steroid dienone is 1. The van der Waals surface area contributed by atoms with Crippen molar-refractivity contribution in [2.75, 3.05) is 33.2 Å². The Balaban J connectivity index is 2.42. The Morgan fingerprint density at radius 2 is 1.94 bits per heavy atom. The molecule has 1 fully saturated rings. The molecule has 0 aliphatic carbocycles. The summed E-state index contributed by atoms with van der Waals surface area (Å²) in [4.78, 5) is 16.6. The molecule has 5 nitrogen and oxygen atoms in total. The van der Waals surface area contributed by atoms with Crippen molar-refractivity contribution < 1.29 is 4.79 Å². The molecule has 0 bridgehead atoms. The van der Waals surface area contributed by atoms with Gasteiger partial charge in [-0.3, -0.25) is 9.93 Å². The lowest BCUT2D eigenvalue weighted by Crippen LogP contribution is -2.39. The number of nitrogens with zero attached hydrogens (tertiary/aromatic N) is 2. The number of rotatable bonds is 5. The van der Waals surface area contributed by atoms with Crippen LogP contribution in [0.4, 0.5) is 0 Å². The molecule has 0 aromatic rings. The Kier molecular flexibility index (Phi) is 6.52. The van der Waals surface area contributed by atoms with Crippen molar-refractivity contribution in [3.05, 3.63) is 10.6 Å². The molecule has 6 heteroatoms. The minimum atomic E-state index is -0.0838. The van der Waals surface area contributed by atoms with Gasteiger partial charge >= 0.3 is 0 Å². The second-order valence-corrected chi connectivity index (χ2v) is 5.40. The summed E-state index contributed by atoms with van der Waals surface area (Å²) in [5.74, 6) is -0.0838. The molecule has 104 valence electrons. The van der Waals surface area contributed by atoms with Crippen LogP contribution in [-0.4, -0.2) is 48.9 Å². The van der Waals surface area contributed by atoms with Crippen LogP contribution in [0.25, 0.3) is 0 Å². The highest BCUT2D eigenvalue weighted by molar-refractivity contribution is 8.01. The van der Waals surface area contributed by atoms with Crippen LogP contribution in [0.2, 0.25) is 0 Å². The van der Waals surface area contributed by atoms with Crippen molar-refractivity contribution in [1.82, 2.24) is 9.80 Å². The van der Waals surface area contributed by atoms with E-state index in [1.54, 1.807) is 18.9 Å². The van der Waals surface area contributed by atoms with Gasteiger partial charge in [-0.25, -0.2) is 0 Å². The second-order valence-electron chi connectivity index (χ2n) is 4.76. The lowest BCUT2D eigenvalue weighted by molar-refractivity contribution is -0.125. The second kappa shape index (κ2) is 7.66. The average molecular weight is 272 g/mol. The van der Waals surface area contributed by atoms with Crippen molar-refractivity contribution in [2.45, 2.75) is 26.2 Å². The van der Waals surface area contributed by atoms with Crippen LogP contribution in [0.5, 0.6) is 0 Å². The Morgan fingerprint density at radius 1 is 1.33 bits per heavy atom. The zero-order valence-electron chi connectivity index (χ0n) is 11.3. The van der Waals surface area contributed by atoms with E-state index < -0.39 is 0 Å². The van der Waals surface area contributed by atoms with E-state index >= 15 is 0 Å². The molecule has 18 heavy (non-hydrogen) atoms. The third-order valence-corrected chi connectivity index (χ3v) is 3.95. The predicted octanol–water partition coefficient (Wildman–Crippen LogP) is 0.728. The monoisotopic (exact) mass is 272 g/mol. The smallest absolute Gasteiger partial charge is 0.263 e. The van der Waals surface area contributed by atoms with E-state index in [1.807, 2.05) is 0 Å². The number of piperidine rings is 1. The normalized spacial score (nSPS) is 18.4. The summed E-state index contributed by atoms with van der Waals surface area (Å²) in [6.45, 7) is 5.63. The molecule has 1 rings (SSSR count). The van der Waals surface area contributed by atoms with Crippen LogP contribution in [0.15, 0.2) is 10.6 Å². The molecule has 1 saturated heterocycles. The SMILES string of the molecule is C/C(N)=C(/SN)C(=O)N(C)CCN1CCCCC1. The van der Waals surface area contributed by atoms with E-state index in [0.717, 1.165) is 38.1 Å². The zero-order chi connectivity index (χ0) is 13.5. The van der Waals surface area contributed by atoms with Crippen LogP contribution in [0.3, 0.4) is 0 Å². The largest absolute Gasteiger partial charge is 0.401 e. The van der Waals surface area contributed by atoms with Gasteiger partial charge in [-0.05, 0) is 44.8 Å².